The molecule has 8 N–H and O–H groups in total. The zero-order valence-electron chi connectivity index (χ0n) is 21.3. The highest BCUT2D eigenvalue weighted by molar-refractivity contribution is 8.07. The van der Waals surface area contributed by atoms with Crippen molar-refractivity contribution in [2.24, 2.45) is 0 Å². The molecule has 7 rings (SSSR count). The number of aromatic amines is 1. The highest BCUT2D eigenvalue weighted by Crippen LogP contribution is 2.53. The monoisotopic (exact) mass is 625 g/mol. The fraction of sp³-hybridized carbons (Fsp3) is 0.550. The van der Waals surface area contributed by atoms with Gasteiger partial charge in [-0.25, -0.2) is 15.0 Å². The number of nitrogens with two attached hydrogens (primary N) is 2. The number of aliphatic hydroxyl groups excluding tert-OH is 2. The topological polar surface area (TPSA) is 279 Å². The molecular formula is C20H24N11O9PS. The Hall–Kier alpha value is -3.24. The van der Waals surface area contributed by atoms with Crippen molar-refractivity contribution in [3.05, 3.63) is 23.0 Å². The standard InChI is InChI=1S/C20H24N11O9PS/c21-13-9-14(24-5-23-13)30(6-25-9)18-11-12(33)20(39-18,3-36-11)4-37-41(35,42)40-8-1-7(2-32)38-17(8)31-15-10(28-29-31)16(34)27-19(22)26-15/h5-8,11-12,17-18,32-33H,1-4H2,(H,35,42)(H2,21,23,24)(H3,22,26,27,34)/t7-,8+,11+,12-,17+,18+,20+,41?/m0/s1. The van der Waals surface area contributed by atoms with Crippen molar-refractivity contribution in [1.82, 2.24) is 44.5 Å². The lowest BCUT2D eigenvalue weighted by atomic mass is 10.0. The summed E-state index contributed by atoms with van der Waals surface area (Å²) in [5.74, 6) is 0.00678. The van der Waals surface area contributed by atoms with Crippen LogP contribution in [0.2, 0.25) is 0 Å². The minimum Gasteiger partial charge on any atom is -0.394 e. The fourth-order valence-corrected chi connectivity index (χ4v) is 6.82. The molecule has 0 spiro atoms. The Kier molecular flexibility index (Phi) is 6.51. The van der Waals surface area contributed by atoms with E-state index in [9.17, 15) is 19.9 Å². The van der Waals surface area contributed by atoms with Crippen molar-refractivity contribution in [3.8, 4) is 0 Å². The summed E-state index contributed by atoms with van der Waals surface area (Å²) in [4.78, 5) is 42.0. The first-order valence-corrected chi connectivity index (χ1v) is 15.1. The summed E-state index contributed by atoms with van der Waals surface area (Å²) < 4.78 is 32.0. The van der Waals surface area contributed by atoms with E-state index in [1.807, 2.05) is 0 Å². The predicted octanol–water partition coefficient (Wildman–Crippen LogP) is -2.56. The molecule has 0 amide bonds. The molecule has 3 saturated heterocycles. The van der Waals surface area contributed by atoms with Crippen LogP contribution in [0.1, 0.15) is 18.9 Å². The van der Waals surface area contributed by atoms with Crippen LogP contribution in [0.4, 0.5) is 11.8 Å². The number of imidazole rings is 1. The van der Waals surface area contributed by atoms with E-state index >= 15 is 0 Å². The van der Waals surface area contributed by atoms with Gasteiger partial charge in [0.2, 0.25) is 5.95 Å². The van der Waals surface area contributed by atoms with Gasteiger partial charge < -0.3 is 49.8 Å². The molecule has 3 aliphatic rings. The molecule has 3 aliphatic heterocycles. The molecule has 2 bridgehead atoms. The molecule has 7 heterocycles. The molecule has 3 fully saturated rings. The van der Waals surface area contributed by atoms with Gasteiger partial charge in [0, 0.05) is 6.42 Å². The van der Waals surface area contributed by atoms with Crippen LogP contribution in [0.3, 0.4) is 0 Å². The molecule has 4 aromatic heterocycles. The van der Waals surface area contributed by atoms with Crippen LogP contribution in [-0.2, 0) is 35.1 Å². The van der Waals surface area contributed by atoms with Gasteiger partial charge in [0.15, 0.2) is 35.1 Å². The number of anilines is 2. The van der Waals surface area contributed by atoms with Crippen molar-refractivity contribution < 1.29 is 38.4 Å². The number of nitrogens with one attached hydrogen (secondary N) is 1. The maximum atomic E-state index is 12.2. The van der Waals surface area contributed by atoms with Crippen molar-refractivity contribution in [3.63, 3.8) is 0 Å². The molecule has 1 unspecified atom stereocenters. The van der Waals surface area contributed by atoms with Crippen LogP contribution in [0.5, 0.6) is 0 Å². The summed E-state index contributed by atoms with van der Waals surface area (Å²) in [6, 6.07) is 0. The Morgan fingerprint density at radius 1 is 1.24 bits per heavy atom. The second-order valence-electron chi connectivity index (χ2n) is 9.99. The summed E-state index contributed by atoms with van der Waals surface area (Å²) in [6.45, 7) is -4.86. The van der Waals surface area contributed by atoms with Crippen LogP contribution in [-0.4, -0.2) is 109 Å². The van der Waals surface area contributed by atoms with Gasteiger partial charge in [-0.15, -0.1) is 5.10 Å². The number of ether oxygens (including phenoxy) is 3. The van der Waals surface area contributed by atoms with Crippen LogP contribution >= 0.6 is 6.72 Å². The lowest BCUT2D eigenvalue weighted by Gasteiger charge is -2.32. The summed E-state index contributed by atoms with van der Waals surface area (Å²) >= 11 is 5.29. The van der Waals surface area contributed by atoms with Gasteiger partial charge in [-0.1, -0.05) is 5.21 Å². The first-order chi connectivity index (χ1) is 20.1. The quantitative estimate of drug-likeness (QED) is 0.110. The Morgan fingerprint density at radius 2 is 2.07 bits per heavy atom. The molecule has 0 radical (unpaired) electrons. The van der Waals surface area contributed by atoms with Gasteiger partial charge in [0.25, 0.3) is 5.56 Å². The van der Waals surface area contributed by atoms with E-state index in [4.69, 9.17) is 46.5 Å². The summed E-state index contributed by atoms with van der Waals surface area (Å²) in [5.41, 5.74) is 10.2. The molecule has 8 atom stereocenters. The number of fused-ring (bicyclic) bond motifs is 4. The van der Waals surface area contributed by atoms with Crippen molar-refractivity contribution in [2.75, 3.05) is 31.3 Å². The summed E-state index contributed by atoms with van der Waals surface area (Å²) in [6.07, 6.45) is -2.81. The number of nitrogen functional groups attached to an aromatic ring is 2. The molecular weight excluding hydrogens is 601 g/mol. The normalized spacial score (nSPS) is 32.3. The van der Waals surface area contributed by atoms with E-state index in [0.29, 0.717) is 11.2 Å². The smallest absolute Gasteiger partial charge is 0.325 e. The van der Waals surface area contributed by atoms with Gasteiger partial charge in [0.05, 0.1) is 32.3 Å². The number of rotatable bonds is 8. The second-order valence-corrected chi connectivity index (χ2v) is 12.8. The average molecular weight is 626 g/mol. The van der Waals surface area contributed by atoms with Gasteiger partial charge in [0.1, 0.15) is 35.8 Å². The van der Waals surface area contributed by atoms with Crippen LogP contribution in [0, 0.1) is 0 Å². The van der Waals surface area contributed by atoms with Crippen molar-refractivity contribution in [1.29, 1.82) is 0 Å². The third-order valence-electron chi connectivity index (χ3n) is 7.35. The molecule has 22 heteroatoms. The molecule has 4 aromatic rings. The van der Waals surface area contributed by atoms with Gasteiger partial charge in [-0.2, -0.15) is 9.67 Å². The Bertz CT molecular complexity index is 1790. The van der Waals surface area contributed by atoms with E-state index in [1.165, 1.54) is 12.7 Å². The number of aromatic nitrogens is 9. The Balaban J connectivity index is 1.09. The first-order valence-electron chi connectivity index (χ1n) is 12.5. The molecule has 0 aliphatic carbocycles. The molecule has 0 aromatic carbocycles. The second kappa shape index (κ2) is 9.91. The van der Waals surface area contributed by atoms with Gasteiger partial charge >= 0.3 is 6.72 Å². The van der Waals surface area contributed by atoms with E-state index in [1.54, 1.807) is 4.57 Å². The third kappa shape index (κ3) is 4.37. The van der Waals surface area contributed by atoms with Gasteiger partial charge in [-0.05, 0) is 11.8 Å². The Morgan fingerprint density at radius 3 is 2.88 bits per heavy atom. The Labute approximate surface area is 238 Å². The number of hydrogen-bond acceptors (Lipinski definition) is 17. The highest BCUT2D eigenvalue weighted by Gasteiger charge is 2.62. The van der Waals surface area contributed by atoms with Crippen molar-refractivity contribution >= 4 is 52.6 Å². The van der Waals surface area contributed by atoms with Crippen LogP contribution < -0.4 is 17.0 Å². The average Bonchev–Trinajstić information content (AvgIpc) is 3.76. The molecule has 42 heavy (non-hydrogen) atoms. The zero-order valence-corrected chi connectivity index (χ0v) is 23.0. The predicted molar refractivity (Wildman–Crippen MR) is 142 cm³/mol. The van der Waals surface area contributed by atoms with E-state index in [0.717, 1.165) is 4.68 Å². The van der Waals surface area contributed by atoms with E-state index < -0.39 is 54.8 Å². The third-order valence-corrected chi connectivity index (χ3v) is 8.92. The lowest BCUT2D eigenvalue weighted by Crippen LogP contribution is -2.44. The SMILES string of the molecule is Nc1nc2c(nnn2[C@@H]2O[C@H](CO)C[C@H]2OP(O)(=S)OC[C@@]23CO[C@@H]([C@H](n4cnc5c(N)ncnc54)O2)[C@@H]3O)c(=O)[nH]1. The minimum absolute atomic E-state index is 0.00112. The summed E-state index contributed by atoms with van der Waals surface area (Å²) in [7, 11) is 0. The van der Waals surface area contributed by atoms with Crippen LogP contribution in [0.15, 0.2) is 17.4 Å². The maximum Gasteiger partial charge on any atom is 0.325 e. The van der Waals surface area contributed by atoms with Crippen molar-refractivity contribution in [2.45, 2.75) is 48.9 Å². The highest BCUT2D eigenvalue weighted by atomic mass is 32.5. The molecule has 20 nitrogen and oxygen atoms in total. The molecule has 0 saturated carbocycles. The number of aliphatic hydroxyl groups is 2. The van der Waals surface area contributed by atoms with Crippen LogP contribution in [0.25, 0.3) is 22.3 Å². The number of nitrogens with zero attached hydrogens (tertiary/aromatic N) is 8. The van der Waals surface area contributed by atoms with E-state index in [2.05, 4.69) is 35.2 Å². The largest absolute Gasteiger partial charge is 0.394 e. The maximum absolute atomic E-state index is 12.2. The first kappa shape index (κ1) is 27.6. The molecule has 224 valence electrons. The number of hydrogen-bond donors (Lipinski definition) is 6. The van der Waals surface area contributed by atoms with Gasteiger partial charge in [-0.3, -0.25) is 14.3 Å². The zero-order chi connectivity index (χ0) is 29.4. The number of H-pyrrole nitrogens is 1. The fourth-order valence-electron chi connectivity index (χ4n) is 5.36. The minimum atomic E-state index is -4.04. The van der Waals surface area contributed by atoms with E-state index in [-0.39, 0.29) is 49.2 Å². The summed E-state index contributed by atoms with van der Waals surface area (Å²) in [5, 5.41) is 28.5. The lowest BCUT2D eigenvalue weighted by molar-refractivity contribution is -0.183.